The lowest BCUT2D eigenvalue weighted by Gasteiger charge is -2.14. The lowest BCUT2D eigenvalue weighted by Crippen LogP contribution is -2.17. The minimum Gasteiger partial charge on any atom is -0.376 e. The van der Waals surface area contributed by atoms with E-state index in [4.69, 9.17) is 10.5 Å². The Labute approximate surface area is 139 Å². The Hall–Kier alpha value is -1.80. The van der Waals surface area contributed by atoms with Gasteiger partial charge in [0.2, 0.25) is 11.1 Å². The summed E-state index contributed by atoms with van der Waals surface area (Å²) in [5.74, 6) is 0.626. The number of anilines is 1. The zero-order chi connectivity index (χ0) is 16.4. The first kappa shape index (κ1) is 16.1. The van der Waals surface area contributed by atoms with Crippen molar-refractivity contribution in [3.8, 4) is 0 Å². The smallest absolute Gasteiger partial charge is 0.216 e. The largest absolute Gasteiger partial charge is 0.376 e. The van der Waals surface area contributed by atoms with Gasteiger partial charge in [0, 0.05) is 30.1 Å². The van der Waals surface area contributed by atoms with Gasteiger partial charge in [-0.15, -0.1) is 5.10 Å². The minimum absolute atomic E-state index is 0.0741. The second kappa shape index (κ2) is 6.76. The molecule has 23 heavy (non-hydrogen) atoms. The van der Waals surface area contributed by atoms with Gasteiger partial charge in [-0.1, -0.05) is 11.8 Å². The molecule has 1 aliphatic heterocycles. The number of thioether (sulfide) groups is 1. The van der Waals surface area contributed by atoms with Crippen LogP contribution in [-0.4, -0.2) is 44.0 Å². The van der Waals surface area contributed by atoms with Crippen LogP contribution < -0.4 is 5.73 Å². The molecular weight excluding hydrogens is 314 g/mol. The Morgan fingerprint density at radius 2 is 2.39 bits per heavy atom. The van der Waals surface area contributed by atoms with Gasteiger partial charge in [0.25, 0.3) is 0 Å². The fourth-order valence-corrected chi connectivity index (χ4v) is 3.58. The number of aromatic nitrogens is 4. The number of ketones is 1. The molecule has 0 saturated carbocycles. The highest BCUT2D eigenvalue weighted by molar-refractivity contribution is 7.99. The third-order valence-corrected chi connectivity index (χ3v) is 4.95. The van der Waals surface area contributed by atoms with E-state index in [1.807, 2.05) is 19.9 Å². The molecule has 0 aliphatic carbocycles. The second-order valence-corrected chi connectivity index (χ2v) is 6.69. The van der Waals surface area contributed by atoms with Gasteiger partial charge in [-0.2, -0.15) is 4.98 Å². The molecule has 3 N–H and O–H groups in total. The number of carbonyl (C=O) groups excluding carboxylic acids is 1. The summed E-state index contributed by atoms with van der Waals surface area (Å²) in [5, 5.41) is 6.98. The monoisotopic (exact) mass is 335 g/mol. The summed E-state index contributed by atoms with van der Waals surface area (Å²) in [6, 6.07) is 1.96. The van der Waals surface area contributed by atoms with Crippen LogP contribution in [0.4, 0.5) is 5.95 Å². The molecule has 0 spiro atoms. The van der Waals surface area contributed by atoms with Crippen molar-refractivity contribution in [1.29, 1.82) is 0 Å². The van der Waals surface area contributed by atoms with Crippen molar-refractivity contribution in [3.05, 3.63) is 23.0 Å². The maximum Gasteiger partial charge on any atom is 0.216 e. The van der Waals surface area contributed by atoms with E-state index in [1.54, 1.807) is 0 Å². The second-order valence-electron chi connectivity index (χ2n) is 5.75. The molecule has 1 saturated heterocycles. The van der Waals surface area contributed by atoms with Crippen molar-refractivity contribution in [1.82, 2.24) is 19.7 Å². The number of rotatable bonds is 6. The highest BCUT2D eigenvalue weighted by Crippen LogP contribution is 2.22. The molecule has 1 aliphatic rings. The molecular formula is C15H21N5O2S. The fourth-order valence-electron chi connectivity index (χ4n) is 2.89. The summed E-state index contributed by atoms with van der Waals surface area (Å²) in [6.45, 7) is 5.67. The summed E-state index contributed by atoms with van der Waals surface area (Å²) in [6.07, 6.45) is 2.46. The van der Waals surface area contributed by atoms with E-state index in [9.17, 15) is 4.79 Å². The van der Waals surface area contributed by atoms with E-state index < -0.39 is 0 Å². The summed E-state index contributed by atoms with van der Waals surface area (Å²) < 4.78 is 7.88. The molecule has 1 fully saturated rings. The van der Waals surface area contributed by atoms with Crippen LogP contribution in [0, 0.1) is 13.8 Å². The summed E-state index contributed by atoms with van der Waals surface area (Å²) in [5.41, 5.74) is 8.33. The first-order valence-corrected chi connectivity index (χ1v) is 8.65. The molecule has 0 radical (unpaired) electrons. The zero-order valence-electron chi connectivity index (χ0n) is 13.3. The van der Waals surface area contributed by atoms with Crippen molar-refractivity contribution in [2.45, 2.75) is 44.5 Å². The minimum atomic E-state index is 0.0741. The Morgan fingerprint density at radius 3 is 3.04 bits per heavy atom. The summed E-state index contributed by atoms with van der Waals surface area (Å²) in [4.78, 5) is 16.5. The number of H-pyrrole nitrogens is 1. The molecule has 2 aromatic heterocycles. The Balaban J connectivity index is 1.68. The van der Waals surface area contributed by atoms with Gasteiger partial charge < -0.3 is 15.0 Å². The fraction of sp³-hybridized carbons (Fsp3) is 0.533. The molecule has 1 atom stereocenters. The number of aryl methyl sites for hydroxylation is 1. The quantitative estimate of drug-likeness (QED) is 0.618. The average molecular weight is 335 g/mol. The number of Topliss-reactive ketones (excluding diaryl/α,β-unsaturated/α-hetero) is 1. The molecule has 1 unspecified atom stereocenters. The maximum atomic E-state index is 12.5. The zero-order valence-corrected chi connectivity index (χ0v) is 14.2. The number of nitrogens with zero attached hydrogens (tertiary/aromatic N) is 3. The van der Waals surface area contributed by atoms with Crippen molar-refractivity contribution >= 4 is 23.5 Å². The Morgan fingerprint density at radius 1 is 1.57 bits per heavy atom. The molecule has 3 rings (SSSR count). The van der Waals surface area contributed by atoms with Crippen molar-refractivity contribution in [2.24, 2.45) is 0 Å². The van der Waals surface area contributed by atoms with Crippen molar-refractivity contribution in [2.75, 3.05) is 18.1 Å². The Kier molecular flexibility index (Phi) is 4.72. The number of hydrogen-bond donors (Lipinski definition) is 2. The van der Waals surface area contributed by atoms with E-state index in [0.29, 0.717) is 10.9 Å². The highest BCUT2D eigenvalue weighted by atomic mass is 32.2. The number of carbonyl (C=O) groups is 1. The van der Waals surface area contributed by atoms with Crippen LogP contribution in [0.1, 0.15) is 34.6 Å². The first-order chi connectivity index (χ1) is 11.0. The van der Waals surface area contributed by atoms with Crippen LogP contribution in [0.3, 0.4) is 0 Å². The van der Waals surface area contributed by atoms with Gasteiger partial charge in [0.1, 0.15) is 0 Å². The van der Waals surface area contributed by atoms with Crippen LogP contribution in [0.15, 0.2) is 11.2 Å². The lowest BCUT2D eigenvalue weighted by molar-refractivity contribution is 0.0957. The molecule has 124 valence electrons. The molecule has 0 amide bonds. The predicted molar refractivity (Wildman–Crippen MR) is 88.7 cm³/mol. The number of aromatic amines is 1. The lowest BCUT2D eigenvalue weighted by atomic mass is 10.2. The van der Waals surface area contributed by atoms with E-state index in [0.717, 1.165) is 42.9 Å². The molecule has 0 aromatic carbocycles. The van der Waals surface area contributed by atoms with Crippen LogP contribution >= 0.6 is 11.8 Å². The van der Waals surface area contributed by atoms with Crippen molar-refractivity contribution < 1.29 is 9.53 Å². The van der Waals surface area contributed by atoms with Crippen LogP contribution in [0.2, 0.25) is 0 Å². The SMILES string of the molecule is Cc1cc(C(=O)CSc2n[nH]c(N)n2)c(C)n1CC1CCCO1. The predicted octanol–water partition coefficient (Wildman–Crippen LogP) is 1.96. The molecule has 0 bridgehead atoms. The number of nitrogens with one attached hydrogen (secondary N) is 1. The van der Waals surface area contributed by atoms with Gasteiger partial charge in [-0.3, -0.25) is 4.79 Å². The third kappa shape index (κ3) is 3.59. The van der Waals surface area contributed by atoms with E-state index in [2.05, 4.69) is 19.7 Å². The van der Waals surface area contributed by atoms with Gasteiger partial charge in [0.15, 0.2) is 5.78 Å². The molecule has 8 heteroatoms. The van der Waals surface area contributed by atoms with E-state index in [-0.39, 0.29) is 17.8 Å². The van der Waals surface area contributed by atoms with Crippen molar-refractivity contribution in [3.63, 3.8) is 0 Å². The van der Waals surface area contributed by atoms with Gasteiger partial charge in [0.05, 0.1) is 11.9 Å². The van der Waals surface area contributed by atoms with E-state index >= 15 is 0 Å². The highest BCUT2D eigenvalue weighted by Gasteiger charge is 2.21. The van der Waals surface area contributed by atoms with Crippen LogP contribution in [-0.2, 0) is 11.3 Å². The molecule has 3 heterocycles. The summed E-state index contributed by atoms with van der Waals surface area (Å²) in [7, 11) is 0. The van der Waals surface area contributed by atoms with Gasteiger partial charge >= 0.3 is 0 Å². The summed E-state index contributed by atoms with van der Waals surface area (Å²) >= 11 is 1.28. The first-order valence-electron chi connectivity index (χ1n) is 7.67. The number of nitrogen functional groups attached to an aromatic ring is 1. The standard InChI is InChI=1S/C15H21N5O2S/c1-9-6-12(10(2)20(9)7-11-4-3-5-22-11)13(21)8-23-15-17-14(16)18-19-15/h6,11H,3-5,7-8H2,1-2H3,(H3,16,17,18,19). The molecule has 2 aromatic rings. The van der Waals surface area contributed by atoms with Gasteiger partial charge in [-0.25, -0.2) is 5.10 Å². The van der Waals surface area contributed by atoms with Gasteiger partial charge in [-0.05, 0) is 32.8 Å². The topological polar surface area (TPSA) is 98.8 Å². The average Bonchev–Trinajstić information content (AvgIpc) is 3.23. The number of hydrogen-bond acceptors (Lipinski definition) is 6. The van der Waals surface area contributed by atoms with Crippen LogP contribution in [0.5, 0.6) is 0 Å². The normalized spacial score (nSPS) is 17.7. The molecule has 7 nitrogen and oxygen atoms in total. The Bertz CT molecular complexity index is 703. The third-order valence-electron chi connectivity index (χ3n) is 4.10. The maximum absolute atomic E-state index is 12.5. The number of nitrogens with two attached hydrogens (primary N) is 1. The van der Waals surface area contributed by atoms with E-state index in [1.165, 1.54) is 11.8 Å². The number of ether oxygens (including phenoxy) is 1. The van der Waals surface area contributed by atoms with Crippen LogP contribution in [0.25, 0.3) is 0 Å².